The molecule has 0 spiro atoms. The molecule has 1 unspecified atom stereocenters. The van der Waals surface area contributed by atoms with Gasteiger partial charge in [0.2, 0.25) is 0 Å². The fourth-order valence-electron chi connectivity index (χ4n) is 2.07. The maximum Gasteiger partial charge on any atom is 0.196 e. The minimum atomic E-state index is -0.539. The van der Waals surface area contributed by atoms with E-state index < -0.39 is 6.10 Å². The predicted octanol–water partition coefficient (Wildman–Crippen LogP) is 3.87. The Morgan fingerprint density at radius 2 is 1.68 bits per heavy atom. The van der Waals surface area contributed by atoms with Gasteiger partial charge in [0.1, 0.15) is 6.10 Å². The van der Waals surface area contributed by atoms with Crippen LogP contribution in [0.5, 0.6) is 0 Å². The number of carbonyl (C=O) groups is 1. The van der Waals surface area contributed by atoms with Crippen molar-refractivity contribution in [2.45, 2.75) is 20.0 Å². The van der Waals surface area contributed by atoms with Gasteiger partial charge < -0.3 is 4.74 Å². The quantitative estimate of drug-likeness (QED) is 0.774. The first kappa shape index (κ1) is 13.5. The normalized spacial score (nSPS) is 12.2. The van der Waals surface area contributed by atoms with Crippen molar-refractivity contribution in [3.05, 3.63) is 70.8 Å². The molecule has 2 aromatic carbocycles. The summed E-state index contributed by atoms with van der Waals surface area (Å²) in [6, 6.07) is 15.3. The summed E-state index contributed by atoms with van der Waals surface area (Å²) in [6.45, 7) is 4.05. The summed E-state index contributed by atoms with van der Waals surface area (Å²) in [5.74, 6) is -0.00296. The minimum absolute atomic E-state index is 0.00296. The number of benzene rings is 2. The largest absolute Gasteiger partial charge is 0.369 e. The van der Waals surface area contributed by atoms with Crippen molar-refractivity contribution in [2.75, 3.05) is 7.11 Å². The number of Topliss-reactive ketones (excluding diaryl/α,β-unsaturated/α-hetero) is 1. The Morgan fingerprint density at radius 3 is 2.26 bits per heavy atom. The van der Waals surface area contributed by atoms with Gasteiger partial charge in [0.25, 0.3) is 0 Å². The molecule has 0 bridgehead atoms. The summed E-state index contributed by atoms with van der Waals surface area (Å²) in [5, 5.41) is 0. The highest BCUT2D eigenvalue weighted by molar-refractivity contribution is 6.00. The van der Waals surface area contributed by atoms with Crippen LogP contribution in [0.4, 0.5) is 0 Å². The molecule has 0 N–H and O–H groups in total. The Bertz CT molecular complexity index is 573. The minimum Gasteiger partial charge on any atom is -0.369 e. The van der Waals surface area contributed by atoms with Crippen LogP contribution in [0.25, 0.3) is 0 Å². The zero-order valence-corrected chi connectivity index (χ0v) is 11.5. The highest BCUT2D eigenvalue weighted by Crippen LogP contribution is 2.22. The zero-order chi connectivity index (χ0) is 13.8. The number of methoxy groups -OCH3 is 1. The molecule has 1 atom stereocenters. The Labute approximate surface area is 114 Å². The predicted molar refractivity (Wildman–Crippen MR) is 76.4 cm³/mol. The van der Waals surface area contributed by atoms with Crippen LogP contribution in [0.3, 0.4) is 0 Å². The number of ether oxygens (including phenoxy) is 1. The third-order valence-electron chi connectivity index (χ3n) is 3.37. The molecule has 0 radical (unpaired) electrons. The standard InChI is InChI=1S/C17H18O2/c1-12-9-10-15(11-13(12)2)16(18)17(19-3)14-7-5-4-6-8-14/h4-11,17H,1-3H3. The van der Waals surface area contributed by atoms with E-state index in [9.17, 15) is 4.79 Å². The lowest BCUT2D eigenvalue weighted by Crippen LogP contribution is -2.15. The molecule has 19 heavy (non-hydrogen) atoms. The monoisotopic (exact) mass is 254 g/mol. The molecule has 2 aromatic rings. The second kappa shape index (κ2) is 5.81. The van der Waals surface area contributed by atoms with Crippen molar-refractivity contribution >= 4 is 5.78 Å². The van der Waals surface area contributed by atoms with Crippen molar-refractivity contribution in [3.63, 3.8) is 0 Å². The first-order valence-corrected chi connectivity index (χ1v) is 6.32. The average molecular weight is 254 g/mol. The van der Waals surface area contributed by atoms with E-state index in [1.54, 1.807) is 7.11 Å². The van der Waals surface area contributed by atoms with Crippen LogP contribution in [0.15, 0.2) is 48.5 Å². The number of aryl methyl sites for hydroxylation is 2. The molecule has 0 saturated carbocycles. The molecule has 0 heterocycles. The van der Waals surface area contributed by atoms with Crippen LogP contribution < -0.4 is 0 Å². The van der Waals surface area contributed by atoms with Gasteiger partial charge in [-0.3, -0.25) is 4.79 Å². The second-order valence-electron chi connectivity index (χ2n) is 4.69. The zero-order valence-electron chi connectivity index (χ0n) is 11.5. The highest BCUT2D eigenvalue weighted by Gasteiger charge is 2.21. The SMILES string of the molecule is COC(C(=O)c1ccc(C)c(C)c1)c1ccccc1. The highest BCUT2D eigenvalue weighted by atomic mass is 16.5. The van der Waals surface area contributed by atoms with E-state index in [4.69, 9.17) is 4.74 Å². The number of rotatable bonds is 4. The summed E-state index contributed by atoms with van der Waals surface area (Å²) < 4.78 is 5.37. The van der Waals surface area contributed by atoms with Crippen molar-refractivity contribution in [3.8, 4) is 0 Å². The van der Waals surface area contributed by atoms with E-state index in [0.29, 0.717) is 5.56 Å². The van der Waals surface area contributed by atoms with Crippen molar-refractivity contribution in [2.24, 2.45) is 0 Å². The van der Waals surface area contributed by atoms with Gasteiger partial charge in [0, 0.05) is 12.7 Å². The van der Waals surface area contributed by atoms with Crippen molar-refractivity contribution in [1.29, 1.82) is 0 Å². The van der Waals surface area contributed by atoms with Crippen molar-refractivity contribution < 1.29 is 9.53 Å². The van der Waals surface area contributed by atoms with Crippen LogP contribution >= 0.6 is 0 Å². The number of carbonyl (C=O) groups excluding carboxylic acids is 1. The van der Waals surface area contributed by atoms with Crippen LogP contribution in [-0.2, 0) is 4.74 Å². The molecule has 98 valence electrons. The van der Waals surface area contributed by atoms with E-state index in [2.05, 4.69) is 0 Å². The lowest BCUT2D eigenvalue weighted by Gasteiger charge is -2.15. The summed E-state index contributed by atoms with van der Waals surface area (Å²) in [5.41, 5.74) is 3.88. The maximum atomic E-state index is 12.5. The van der Waals surface area contributed by atoms with Crippen LogP contribution in [-0.4, -0.2) is 12.9 Å². The van der Waals surface area contributed by atoms with Gasteiger partial charge in [-0.05, 0) is 36.6 Å². The van der Waals surface area contributed by atoms with Crippen LogP contribution in [0.1, 0.15) is 33.2 Å². The first-order chi connectivity index (χ1) is 9.13. The van der Waals surface area contributed by atoms with E-state index in [1.807, 2.05) is 62.4 Å². The third kappa shape index (κ3) is 2.91. The number of ketones is 1. The lowest BCUT2D eigenvalue weighted by molar-refractivity contribution is 0.0604. The van der Waals surface area contributed by atoms with Crippen LogP contribution in [0, 0.1) is 13.8 Å². The van der Waals surface area contributed by atoms with Gasteiger partial charge in [-0.1, -0.05) is 42.5 Å². The van der Waals surface area contributed by atoms with E-state index in [0.717, 1.165) is 11.1 Å². The molecule has 2 rings (SSSR count). The van der Waals surface area contributed by atoms with Gasteiger partial charge in [-0.15, -0.1) is 0 Å². The average Bonchev–Trinajstić information content (AvgIpc) is 2.44. The van der Waals surface area contributed by atoms with E-state index in [1.165, 1.54) is 5.56 Å². The molecule has 0 aromatic heterocycles. The molecular weight excluding hydrogens is 236 g/mol. The summed E-state index contributed by atoms with van der Waals surface area (Å²) in [6.07, 6.45) is -0.539. The number of hydrogen-bond donors (Lipinski definition) is 0. The molecule has 0 amide bonds. The lowest BCUT2D eigenvalue weighted by atomic mass is 9.97. The Balaban J connectivity index is 2.33. The molecular formula is C17H18O2. The van der Waals surface area contributed by atoms with Crippen LogP contribution in [0.2, 0.25) is 0 Å². The fourth-order valence-corrected chi connectivity index (χ4v) is 2.07. The molecule has 0 aliphatic heterocycles. The smallest absolute Gasteiger partial charge is 0.196 e. The fraction of sp³-hybridized carbons (Fsp3) is 0.235. The molecule has 2 heteroatoms. The summed E-state index contributed by atoms with van der Waals surface area (Å²) in [7, 11) is 1.57. The topological polar surface area (TPSA) is 26.3 Å². The number of hydrogen-bond acceptors (Lipinski definition) is 2. The first-order valence-electron chi connectivity index (χ1n) is 6.32. The Hall–Kier alpha value is -1.93. The van der Waals surface area contributed by atoms with Gasteiger partial charge >= 0.3 is 0 Å². The van der Waals surface area contributed by atoms with Gasteiger partial charge in [0.05, 0.1) is 0 Å². The molecule has 0 aliphatic rings. The van der Waals surface area contributed by atoms with Gasteiger partial charge in [-0.2, -0.15) is 0 Å². The molecule has 0 saturated heterocycles. The van der Waals surface area contributed by atoms with Gasteiger partial charge in [0.15, 0.2) is 5.78 Å². The van der Waals surface area contributed by atoms with Gasteiger partial charge in [-0.25, -0.2) is 0 Å². The Kier molecular flexibility index (Phi) is 4.13. The summed E-state index contributed by atoms with van der Waals surface area (Å²) >= 11 is 0. The maximum absolute atomic E-state index is 12.5. The second-order valence-corrected chi connectivity index (χ2v) is 4.69. The molecule has 0 fully saturated rings. The molecule has 2 nitrogen and oxygen atoms in total. The third-order valence-corrected chi connectivity index (χ3v) is 3.37. The van der Waals surface area contributed by atoms with E-state index in [-0.39, 0.29) is 5.78 Å². The van der Waals surface area contributed by atoms with Crippen molar-refractivity contribution in [1.82, 2.24) is 0 Å². The van der Waals surface area contributed by atoms with E-state index >= 15 is 0 Å². The molecule has 0 aliphatic carbocycles. The Morgan fingerprint density at radius 1 is 1.00 bits per heavy atom. The summed E-state index contributed by atoms with van der Waals surface area (Å²) in [4.78, 5) is 12.5.